The Balaban J connectivity index is 1.75. The van der Waals surface area contributed by atoms with E-state index in [9.17, 15) is 14.4 Å². The lowest BCUT2D eigenvalue weighted by molar-refractivity contribution is -0.125. The van der Waals surface area contributed by atoms with Crippen molar-refractivity contribution in [3.8, 4) is 0 Å². The van der Waals surface area contributed by atoms with Gasteiger partial charge in [-0.25, -0.2) is 0 Å². The Morgan fingerprint density at radius 3 is 2.68 bits per heavy atom. The van der Waals surface area contributed by atoms with Crippen LogP contribution in [0.25, 0.3) is 0 Å². The highest BCUT2D eigenvalue weighted by Crippen LogP contribution is 2.25. The lowest BCUT2D eigenvalue weighted by Crippen LogP contribution is -2.39. The minimum absolute atomic E-state index is 0.111. The fourth-order valence-corrected chi connectivity index (χ4v) is 3.71. The van der Waals surface area contributed by atoms with Crippen LogP contribution in [-0.4, -0.2) is 46.0 Å². The summed E-state index contributed by atoms with van der Waals surface area (Å²) in [5, 5.41) is 2.27. The first-order valence-corrected chi connectivity index (χ1v) is 9.30. The van der Waals surface area contributed by atoms with Gasteiger partial charge in [0.1, 0.15) is 0 Å². The number of halogens is 1. The van der Waals surface area contributed by atoms with Gasteiger partial charge in [-0.05, 0) is 31.2 Å². The van der Waals surface area contributed by atoms with Gasteiger partial charge in [-0.1, -0.05) is 27.7 Å². The van der Waals surface area contributed by atoms with Crippen LogP contribution in [0.4, 0.5) is 4.79 Å². The Bertz CT molecular complexity index is 564. The number of rotatable bonds is 6. The predicted molar refractivity (Wildman–Crippen MR) is 92.0 cm³/mol. The average Bonchev–Trinajstić information content (AvgIpc) is 2.81. The summed E-state index contributed by atoms with van der Waals surface area (Å²) >= 11 is 5.82. The van der Waals surface area contributed by atoms with Gasteiger partial charge in [0, 0.05) is 22.5 Å². The highest BCUT2D eigenvalue weighted by atomic mass is 79.9. The van der Waals surface area contributed by atoms with Crippen LogP contribution in [0.5, 0.6) is 0 Å². The lowest BCUT2D eigenvalue weighted by Gasteiger charge is -2.15. The van der Waals surface area contributed by atoms with Crippen molar-refractivity contribution in [2.24, 2.45) is 0 Å². The molecule has 1 saturated heterocycles. The first-order valence-electron chi connectivity index (χ1n) is 6.64. The van der Waals surface area contributed by atoms with Crippen LogP contribution in [0, 0.1) is 0 Å². The summed E-state index contributed by atoms with van der Waals surface area (Å²) in [6.45, 7) is 2.33. The third kappa shape index (κ3) is 4.76. The van der Waals surface area contributed by atoms with Crippen molar-refractivity contribution in [3.05, 3.63) is 28.7 Å². The van der Waals surface area contributed by atoms with Crippen molar-refractivity contribution in [1.29, 1.82) is 0 Å². The number of nitrogens with zero attached hydrogens (tertiary/aromatic N) is 1. The molecule has 1 heterocycles. The summed E-state index contributed by atoms with van der Waals surface area (Å²) in [5.74, 6) is -0.107. The number of carbonyl (C=O) groups excluding carboxylic acids is 3. The number of benzene rings is 1. The fraction of sp³-hybridized carbons (Fsp3) is 0.357. The monoisotopic (exact) mass is 402 g/mol. The highest BCUT2D eigenvalue weighted by Gasteiger charge is 2.29. The van der Waals surface area contributed by atoms with E-state index in [1.165, 1.54) is 16.7 Å². The Morgan fingerprint density at radius 2 is 2.09 bits per heavy atom. The van der Waals surface area contributed by atoms with Gasteiger partial charge in [0.25, 0.3) is 5.24 Å². The zero-order valence-corrected chi connectivity index (χ0v) is 15.1. The summed E-state index contributed by atoms with van der Waals surface area (Å²) < 4.78 is 0.992. The molecule has 2 rings (SSSR count). The average molecular weight is 403 g/mol. The van der Waals surface area contributed by atoms with E-state index in [-0.39, 0.29) is 41.1 Å². The van der Waals surface area contributed by atoms with E-state index in [2.05, 4.69) is 21.2 Å². The highest BCUT2D eigenvalue weighted by molar-refractivity contribution is 9.10. The molecular formula is C14H15BrN2O3S2. The van der Waals surface area contributed by atoms with E-state index < -0.39 is 0 Å². The van der Waals surface area contributed by atoms with Crippen molar-refractivity contribution in [2.75, 3.05) is 18.8 Å². The van der Waals surface area contributed by atoms with Crippen molar-refractivity contribution in [2.45, 2.75) is 17.1 Å². The van der Waals surface area contributed by atoms with Crippen LogP contribution in [0.3, 0.4) is 0 Å². The van der Waals surface area contributed by atoms with Gasteiger partial charge in [-0.2, -0.15) is 0 Å². The number of carbonyl (C=O) groups is 3. The fourth-order valence-electron chi connectivity index (χ4n) is 1.80. The summed E-state index contributed by atoms with van der Waals surface area (Å²) in [4.78, 5) is 37.0. The molecule has 22 heavy (non-hydrogen) atoms. The molecule has 1 aromatic rings. The van der Waals surface area contributed by atoms with Gasteiger partial charge in [0.2, 0.25) is 11.8 Å². The topological polar surface area (TPSA) is 66.5 Å². The van der Waals surface area contributed by atoms with E-state index in [0.29, 0.717) is 0 Å². The number of amides is 3. The number of hydrogen-bond donors (Lipinski definition) is 1. The molecule has 1 fully saturated rings. The smallest absolute Gasteiger partial charge is 0.288 e. The summed E-state index contributed by atoms with van der Waals surface area (Å²) in [7, 11) is 0. The molecule has 0 saturated carbocycles. The zero-order valence-electron chi connectivity index (χ0n) is 11.9. The van der Waals surface area contributed by atoms with Gasteiger partial charge in [0.15, 0.2) is 0 Å². The minimum Gasteiger partial charge on any atom is -0.353 e. The SMILES string of the molecule is C[C@H](Sc1ccc(Br)cc1)C(=O)NCCN1C(=O)CSC1=O. The van der Waals surface area contributed by atoms with Crippen molar-refractivity contribution < 1.29 is 14.4 Å². The molecule has 0 spiro atoms. The van der Waals surface area contributed by atoms with E-state index in [4.69, 9.17) is 0 Å². The lowest BCUT2D eigenvalue weighted by atomic mass is 10.4. The van der Waals surface area contributed by atoms with Crippen LogP contribution >= 0.6 is 39.5 Å². The molecule has 1 atom stereocenters. The second-order valence-corrected chi connectivity index (χ2v) is 7.86. The maximum absolute atomic E-state index is 12.0. The van der Waals surface area contributed by atoms with Crippen molar-refractivity contribution >= 4 is 56.5 Å². The van der Waals surface area contributed by atoms with E-state index in [0.717, 1.165) is 21.1 Å². The van der Waals surface area contributed by atoms with Crippen LogP contribution < -0.4 is 5.32 Å². The molecule has 5 nitrogen and oxygen atoms in total. The number of imide groups is 1. The normalized spacial score (nSPS) is 16.0. The van der Waals surface area contributed by atoms with Gasteiger partial charge in [0.05, 0.1) is 11.0 Å². The quantitative estimate of drug-likeness (QED) is 0.740. The molecule has 0 radical (unpaired) electrons. The van der Waals surface area contributed by atoms with E-state index >= 15 is 0 Å². The third-order valence-electron chi connectivity index (χ3n) is 2.97. The number of thioether (sulfide) groups is 2. The summed E-state index contributed by atoms with van der Waals surface area (Å²) in [5.41, 5.74) is 0. The Hall–Kier alpha value is -0.990. The zero-order chi connectivity index (χ0) is 16.1. The van der Waals surface area contributed by atoms with E-state index in [1.54, 1.807) is 0 Å². The number of nitrogens with one attached hydrogen (secondary N) is 1. The molecule has 1 N–H and O–H groups in total. The van der Waals surface area contributed by atoms with Crippen molar-refractivity contribution in [1.82, 2.24) is 10.2 Å². The van der Waals surface area contributed by atoms with Crippen LogP contribution in [0.1, 0.15) is 6.92 Å². The predicted octanol–water partition coefficient (Wildman–Crippen LogP) is 2.74. The Kier molecular flexibility index (Phi) is 6.34. The van der Waals surface area contributed by atoms with E-state index in [1.807, 2.05) is 31.2 Å². The molecule has 118 valence electrons. The largest absolute Gasteiger partial charge is 0.353 e. The molecule has 1 aliphatic heterocycles. The molecule has 1 aromatic carbocycles. The third-order valence-corrected chi connectivity index (χ3v) is 5.47. The molecular weight excluding hydrogens is 388 g/mol. The second-order valence-electron chi connectivity index (χ2n) is 4.60. The molecule has 0 aromatic heterocycles. The Labute approximate surface area is 145 Å². The van der Waals surface area contributed by atoms with Crippen LogP contribution in [0.2, 0.25) is 0 Å². The number of hydrogen-bond acceptors (Lipinski definition) is 5. The van der Waals surface area contributed by atoms with Crippen LogP contribution in [0.15, 0.2) is 33.6 Å². The Morgan fingerprint density at radius 1 is 1.41 bits per heavy atom. The van der Waals surface area contributed by atoms with Crippen LogP contribution in [-0.2, 0) is 9.59 Å². The molecule has 0 unspecified atom stereocenters. The summed E-state index contributed by atoms with van der Waals surface area (Å²) in [6.07, 6.45) is 0. The van der Waals surface area contributed by atoms with Gasteiger partial charge in [-0.15, -0.1) is 11.8 Å². The summed E-state index contributed by atoms with van der Waals surface area (Å²) in [6, 6.07) is 7.74. The van der Waals surface area contributed by atoms with Crippen molar-refractivity contribution in [3.63, 3.8) is 0 Å². The first-order chi connectivity index (χ1) is 10.5. The standard InChI is InChI=1S/C14H15BrN2O3S2/c1-9(22-11-4-2-10(15)3-5-11)13(19)16-6-7-17-12(18)8-21-14(17)20/h2-5,9H,6-8H2,1H3,(H,16,19)/t9-/m0/s1. The van der Waals surface area contributed by atoms with Gasteiger partial charge >= 0.3 is 0 Å². The molecule has 3 amide bonds. The maximum Gasteiger partial charge on any atom is 0.288 e. The minimum atomic E-state index is -0.250. The van der Waals surface area contributed by atoms with Gasteiger partial charge < -0.3 is 5.32 Å². The molecule has 0 aliphatic carbocycles. The molecule has 0 bridgehead atoms. The molecule has 8 heteroatoms. The van der Waals surface area contributed by atoms with Gasteiger partial charge in [-0.3, -0.25) is 19.3 Å². The molecule has 1 aliphatic rings. The second kappa shape index (κ2) is 8.03. The maximum atomic E-state index is 12.0. The first kappa shape index (κ1) is 17.4.